The Kier molecular flexibility index (Phi) is 4.76. The minimum absolute atomic E-state index is 0.697. The number of aromatic nitrogens is 1. The molecule has 0 saturated heterocycles. The van der Waals surface area contributed by atoms with Crippen LogP contribution in [0.25, 0.3) is 22.5 Å². The standard InChI is InChI=1S/C18H16ClNOS/c1-2-7-21-16-10-17(13-4-3-5-15(19)9-13)20-18(11-16)14-6-8-22-12-14/h3-6,8-12H,2,7H2,1H3. The summed E-state index contributed by atoms with van der Waals surface area (Å²) in [6.07, 6.45) is 0.975. The van der Waals surface area contributed by atoms with Gasteiger partial charge in [-0.05, 0) is 30.0 Å². The molecule has 0 fully saturated rings. The van der Waals surface area contributed by atoms with E-state index in [2.05, 4.69) is 23.8 Å². The van der Waals surface area contributed by atoms with Gasteiger partial charge in [0.05, 0.1) is 18.0 Å². The van der Waals surface area contributed by atoms with Crippen molar-refractivity contribution in [1.82, 2.24) is 4.98 Å². The predicted molar refractivity (Wildman–Crippen MR) is 93.8 cm³/mol. The third-order valence-corrected chi connectivity index (χ3v) is 4.13. The minimum atomic E-state index is 0.697. The van der Waals surface area contributed by atoms with Crippen LogP contribution in [0.4, 0.5) is 0 Å². The summed E-state index contributed by atoms with van der Waals surface area (Å²) in [7, 11) is 0. The van der Waals surface area contributed by atoms with Crippen LogP contribution in [0.1, 0.15) is 13.3 Å². The highest BCUT2D eigenvalue weighted by atomic mass is 35.5. The lowest BCUT2D eigenvalue weighted by Gasteiger charge is -2.10. The summed E-state index contributed by atoms with van der Waals surface area (Å²) in [5.41, 5.74) is 3.89. The van der Waals surface area contributed by atoms with E-state index in [1.807, 2.05) is 36.4 Å². The first kappa shape index (κ1) is 15.1. The summed E-state index contributed by atoms with van der Waals surface area (Å²) in [4.78, 5) is 4.76. The lowest BCUT2D eigenvalue weighted by molar-refractivity contribution is 0.317. The predicted octanol–water partition coefficient (Wildman–Crippen LogP) is 5.92. The number of pyridine rings is 1. The van der Waals surface area contributed by atoms with Gasteiger partial charge in [0, 0.05) is 33.7 Å². The van der Waals surface area contributed by atoms with Gasteiger partial charge in [0.1, 0.15) is 5.75 Å². The summed E-state index contributed by atoms with van der Waals surface area (Å²) in [5, 5.41) is 4.85. The second kappa shape index (κ2) is 6.95. The summed E-state index contributed by atoms with van der Waals surface area (Å²) in [6.45, 7) is 2.79. The molecule has 0 unspecified atom stereocenters. The minimum Gasteiger partial charge on any atom is -0.493 e. The normalized spacial score (nSPS) is 10.6. The van der Waals surface area contributed by atoms with E-state index in [-0.39, 0.29) is 0 Å². The maximum atomic E-state index is 6.10. The fourth-order valence-electron chi connectivity index (χ4n) is 2.16. The van der Waals surface area contributed by atoms with E-state index in [0.29, 0.717) is 11.6 Å². The molecule has 1 aromatic carbocycles. The zero-order valence-electron chi connectivity index (χ0n) is 12.3. The van der Waals surface area contributed by atoms with E-state index in [0.717, 1.165) is 34.7 Å². The molecule has 0 bridgehead atoms. The molecule has 2 heterocycles. The molecule has 4 heteroatoms. The summed E-state index contributed by atoms with van der Waals surface area (Å²) >= 11 is 7.76. The van der Waals surface area contributed by atoms with Crippen molar-refractivity contribution in [2.24, 2.45) is 0 Å². The lowest BCUT2D eigenvalue weighted by Crippen LogP contribution is -1.97. The van der Waals surface area contributed by atoms with Crippen molar-refractivity contribution in [2.45, 2.75) is 13.3 Å². The Bertz CT molecular complexity index is 756. The maximum absolute atomic E-state index is 6.10. The number of nitrogens with zero attached hydrogens (tertiary/aromatic N) is 1. The van der Waals surface area contributed by atoms with E-state index in [1.165, 1.54) is 0 Å². The molecular weight excluding hydrogens is 314 g/mol. The third-order valence-electron chi connectivity index (χ3n) is 3.21. The van der Waals surface area contributed by atoms with Gasteiger partial charge in [-0.25, -0.2) is 4.98 Å². The molecule has 112 valence electrons. The zero-order valence-corrected chi connectivity index (χ0v) is 13.8. The monoisotopic (exact) mass is 329 g/mol. The maximum Gasteiger partial charge on any atom is 0.123 e. The van der Waals surface area contributed by atoms with Crippen molar-refractivity contribution in [3.05, 3.63) is 58.2 Å². The Balaban J connectivity index is 2.06. The van der Waals surface area contributed by atoms with Gasteiger partial charge < -0.3 is 4.74 Å². The average Bonchev–Trinajstić information content (AvgIpc) is 3.07. The topological polar surface area (TPSA) is 22.1 Å². The van der Waals surface area contributed by atoms with E-state index in [9.17, 15) is 0 Å². The first-order chi connectivity index (χ1) is 10.8. The molecule has 3 rings (SSSR count). The Morgan fingerprint density at radius 3 is 2.59 bits per heavy atom. The average molecular weight is 330 g/mol. The van der Waals surface area contributed by atoms with Crippen LogP contribution in [0.2, 0.25) is 5.02 Å². The Morgan fingerprint density at radius 2 is 1.91 bits per heavy atom. The molecule has 0 spiro atoms. The van der Waals surface area contributed by atoms with Crippen LogP contribution >= 0.6 is 22.9 Å². The first-order valence-corrected chi connectivity index (χ1v) is 8.52. The van der Waals surface area contributed by atoms with E-state index in [1.54, 1.807) is 11.3 Å². The Labute approximate surface area is 139 Å². The number of benzene rings is 1. The number of hydrogen-bond donors (Lipinski definition) is 0. The molecule has 0 saturated carbocycles. The van der Waals surface area contributed by atoms with E-state index >= 15 is 0 Å². The second-order valence-corrected chi connectivity index (χ2v) is 6.16. The highest BCUT2D eigenvalue weighted by Crippen LogP contribution is 2.30. The van der Waals surface area contributed by atoms with Crippen molar-refractivity contribution in [3.63, 3.8) is 0 Å². The second-order valence-electron chi connectivity index (χ2n) is 4.94. The van der Waals surface area contributed by atoms with Crippen molar-refractivity contribution in [3.8, 4) is 28.3 Å². The molecule has 0 amide bonds. The van der Waals surface area contributed by atoms with Crippen molar-refractivity contribution < 1.29 is 4.74 Å². The van der Waals surface area contributed by atoms with Crippen LogP contribution in [-0.2, 0) is 0 Å². The number of thiophene rings is 1. The van der Waals surface area contributed by atoms with Gasteiger partial charge in [-0.15, -0.1) is 0 Å². The summed E-state index contributed by atoms with van der Waals surface area (Å²) < 4.78 is 5.82. The molecule has 0 aliphatic rings. The highest BCUT2D eigenvalue weighted by molar-refractivity contribution is 7.08. The fourth-order valence-corrected chi connectivity index (χ4v) is 3.00. The fraction of sp³-hybridized carbons (Fsp3) is 0.167. The smallest absolute Gasteiger partial charge is 0.123 e. The van der Waals surface area contributed by atoms with Crippen LogP contribution in [-0.4, -0.2) is 11.6 Å². The van der Waals surface area contributed by atoms with Crippen LogP contribution in [0.15, 0.2) is 53.2 Å². The lowest BCUT2D eigenvalue weighted by atomic mass is 10.1. The van der Waals surface area contributed by atoms with Gasteiger partial charge in [-0.2, -0.15) is 11.3 Å². The molecular formula is C18H16ClNOS. The van der Waals surface area contributed by atoms with Gasteiger partial charge in [-0.3, -0.25) is 0 Å². The van der Waals surface area contributed by atoms with Gasteiger partial charge in [-0.1, -0.05) is 30.7 Å². The molecule has 22 heavy (non-hydrogen) atoms. The number of ether oxygens (including phenoxy) is 1. The summed E-state index contributed by atoms with van der Waals surface area (Å²) in [6, 6.07) is 13.8. The molecule has 2 aromatic heterocycles. The van der Waals surface area contributed by atoms with Gasteiger partial charge in [0.25, 0.3) is 0 Å². The van der Waals surface area contributed by atoms with E-state index < -0.39 is 0 Å². The molecule has 0 atom stereocenters. The number of halogens is 1. The van der Waals surface area contributed by atoms with Crippen molar-refractivity contribution >= 4 is 22.9 Å². The zero-order chi connectivity index (χ0) is 15.4. The molecule has 0 radical (unpaired) electrons. The molecule has 0 aliphatic carbocycles. The van der Waals surface area contributed by atoms with Crippen LogP contribution in [0, 0.1) is 0 Å². The quantitative estimate of drug-likeness (QED) is 0.579. The third kappa shape index (κ3) is 3.49. The summed E-state index contributed by atoms with van der Waals surface area (Å²) in [5.74, 6) is 0.841. The number of rotatable bonds is 5. The van der Waals surface area contributed by atoms with Crippen molar-refractivity contribution in [1.29, 1.82) is 0 Å². The van der Waals surface area contributed by atoms with Gasteiger partial charge in [0.15, 0.2) is 0 Å². The van der Waals surface area contributed by atoms with Crippen LogP contribution in [0.5, 0.6) is 5.75 Å². The highest BCUT2D eigenvalue weighted by Gasteiger charge is 2.09. The van der Waals surface area contributed by atoms with Crippen molar-refractivity contribution in [2.75, 3.05) is 6.61 Å². The SMILES string of the molecule is CCCOc1cc(-c2ccsc2)nc(-c2cccc(Cl)c2)c1. The Hall–Kier alpha value is -1.84. The van der Waals surface area contributed by atoms with Crippen LogP contribution < -0.4 is 4.74 Å². The Morgan fingerprint density at radius 1 is 1.09 bits per heavy atom. The number of hydrogen-bond acceptors (Lipinski definition) is 3. The molecule has 0 aliphatic heterocycles. The molecule has 3 aromatic rings. The van der Waals surface area contributed by atoms with Gasteiger partial charge >= 0.3 is 0 Å². The first-order valence-electron chi connectivity index (χ1n) is 7.19. The van der Waals surface area contributed by atoms with Gasteiger partial charge in [0.2, 0.25) is 0 Å². The molecule has 2 nitrogen and oxygen atoms in total. The largest absolute Gasteiger partial charge is 0.493 e. The van der Waals surface area contributed by atoms with Crippen LogP contribution in [0.3, 0.4) is 0 Å². The van der Waals surface area contributed by atoms with E-state index in [4.69, 9.17) is 21.3 Å². The molecule has 0 N–H and O–H groups in total.